The van der Waals surface area contributed by atoms with Crippen molar-refractivity contribution in [1.82, 2.24) is 10.3 Å². The number of benzene rings is 1. The molecular weight excluding hydrogens is 283 g/mol. The lowest BCUT2D eigenvalue weighted by molar-refractivity contribution is 0.340. The second kappa shape index (κ2) is 6.67. The number of hydrogen-bond acceptors (Lipinski definition) is 3. The molecule has 2 rings (SSSR count). The smallest absolute Gasteiger partial charge is 0.123 e. The predicted molar refractivity (Wildman–Crippen MR) is 87.4 cm³/mol. The second-order valence-corrected chi connectivity index (χ2v) is 6.96. The van der Waals surface area contributed by atoms with E-state index < -0.39 is 0 Å². The van der Waals surface area contributed by atoms with Crippen LogP contribution >= 0.6 is 11.3 Å². The molecule has 114 valence electrons. The lowest BCUT2D eigenvalue weighted by Crippen LogP contribution is -2.46. The van der Waals surface area contributed by atoms with Crippen molar-refractivity contribution in [3.05, 3.63) is 51.7 Å². The molecule has 1 aromatic carbocycles. The topological polar surface area (TPSA) is 24.9 Å². The van der Waals surface area contributed by atoms with Gasteiger partial charge in [-0.3, -0.25) is 0 Å². The van der Waals surface area contributed by atoms with E-state index in [-0.39, 0.29) is 17.3 Å². The highest BCUT2D eigenvalue weighted by Gasteiger charge is 2.31. The molecular formula is C17H23FN2S. The van der Waals surface area contributed by atoms with Crippen LogP contribution in [0.5, 0.6) is 0 Å². The Morgan fingerprint density at radius 1 is 1.29 bits per heavy atom. The molecule has 0 bridgehead atoms. The minimum absolute atomic E-state index is 0.0960. The molecule has 1 aromatic heterocycles. The second-order valence-electron chi connectivity index (χ2n) is 5.90. The van der Waals surface area contributed by atoms with E-state index in [9.17, 15) is 4.39 Å². The fraction of sp³-hybridized carbons (Fsp3) is 0.471. The predicted octanol–water partition coefficient (Wildman–Crippen LogP) is 4.09. The highest BCUT2D eigenvalue weighted by atomic mass is 32.1. The quantitative estimate of drug-likeness (QED) is 0.869. The summed E-state index contributed by atoms with van der Waals surface area (Å²) in [6.45, 7) is 9.44. The van der Waals surface area contributed by atoms with Crippen LogP contribution in [-0.4, -0.2) is 17.6 Å². The molecule has 2 aromatic rings. The average molecular weight is 306 g/mol. The fourth-order valence-corrected chi connectivity index (χ4v) is 3.25. The fourth-order valence-electron chi connectivity index (χ4n) is 2.62. The Kier molecular flexibility index (Phi) is 5.12. The molecule has 0 saturated heterocycles. The average Bonchev–Trinajstić information content (AvgIpc) is 2.84. The minimum Gasteiger partial charge on any atom is -0.313 e. The number of aromatic nitrogens is 1. The van der Waals surface area contributed by atoms with Crippen molar-refractivity contribution < 1.29 is 4.39 Å². The van der Waals surface area contributed by atoms with Crippen molar-refractivity contribution >= 4 is 11.3 Å². The van der Waals surface area contributed by atoms with Gasteiger partial charge in [0.05, 0.1) is 10.7 Å². The SMILES string of the molecule is CCNC(Cc1csc(C)n1)C(C)(C)c1ccc(F)cc1. The van der Waals surface area contributed by atoms with Crippen LogP contribution in [0, 0.1) is 12.7 Å². The van der Waals surface area contributed by atoms with Crippen molar-refractivity contribution in [2.45, 2.75) is 45.6 Å². The Hall–Kier alpha value is -1.26. The van der Waals surface area contributed by atoms with Gasteiger partial charge in [-0.15, -0.1) is 11.3 Å². The van der Waals surface area contributed by atoms with E-state index in [2.05, 4.69) is 36.5 Å². The highest BCUT2D eigenvalue weighted by Crippen LogP contribution is 2.29. The first kappa shape index (κ1) is 16.1. The molecule has 1 atom stereocenters. The monoisotopic (exact) mass is 306 g/mol. The molecule has 1 heterocycles. The van der Waals surface area contributed by atoms with Crippen LogP contribution in [0.25, 0.3) is 0 Å². The van der Waals surface area contributed by atoms with Crippen LogP contribution < -0.4 is 5.32 Å². The van der Waals surface area contributed by atoms with Gasteiger partial charge in [-0.25, -0.2) is 9.37 Å². The summed E-state index contributed by atoms with van der Waals surface area (Å²) in [5.74, 6) is -0.190. The van der Waals surface area contributed by atoms with Crippen molar-refractivity contribution in [1.29, 1.82) is 0 Å². The first-order valence-electron chi connectivity index (χ1n) is 7.34. The van der Waals surface area contributed by atoms with Gasteiger partial charge < -0.3 is 5.32 Å². The largest absolute Gasteiger partial charge is 0.313 e. The number of nitrogens with one attached hydrogen (secondary N) is 1. The van der Waals surface area contributed by atoms with Crippen LogP contribution in [0.1, 0.15) is 37.0 Å². The van der Waals surface area contributed by atoms with Gasteiger partial charge in [0.2, 0.25) is 0 Å². The van der Waals surface area contributed by atoms with Crippen LogP contribution in [-0.2, 0) is 11.8 Å². The highest BCUT2D eigenvalue weighted by molar-refractivity contribution is 7.09. The molecule has 0 fully saturated rings. The maximum Gasteiger partial charge on any atom is 0.123 e. The maximum absolute atomic E-state index is 13.1. The molecule has 4 heteroatoms. The molecule has 2 nitrogen and oxygen atoms in total. The number of rotatable bonds is 6. The molecule has 1 unspecified atom stereocenters. The Morgan fingerprint density at radius 3 is 2.48 bits per heavy atom. The summed E-state index contributed by atoms with van der Waals surface area (Å²) < 4.78 is 13.1. The molecule has 21 heavy (non-hydrogen) atoms. The number of halogens is 1. The number of likely N-dealkylation sites (N-methyl/N-ethyl adjacent to an activating group) is 1. The van der Waals surface area contributed by atoms with E-state index in [1.165, 1.54) is 12.1 Å². The van der Waals surface area contributed by atoms with Gasteiger partial charge in [0.1, 0.15) is 5.82 Å². The Labute approximate surface area is 130 Å². The standard InChI is InChI=1S/C17H23FN2S/c1-5-19-16(10-15-11-21-12(2)20-15)17(3,4)13-6-8-14(18)9-7-13/h6-9,11,16,19H,5,10H2,1-4H3. The number of hydrogen-bond donors (Lipinski definition) is 1. The Bertz CT molecular complexity index is 575. The lowest BCUT2D eigenvalue weighted by atomic mass is 9.76. The van der Waals surface area contributed by atoms with Gasteiger partial charge in [-0.1, -0.05) is 32.9 Å². The Balaban J connectivity index is 2.24. The normalized spacial score (nSPS) is 13.4. The summed E-state index contributed by atoms with van der Waals surface area (Å²) in [4.78, 5) is 4.57. The third kappa shape index (κ3) is 3.89. The van der Waals surface area contributed by atoms with Gasteiger partial charge in [0.15, 0.2) is 0 Å². The molecule has 0 aliphatic heterocycles. The number of aryl methyl sites for hydroxylation is 1. The van der Waals surface area contributed by atoms with Gasteiger partial charge in [-0.05, 0) is 31.2 Å². The lowest BCUT2D eigenvalue weighted by Gasteiger charge is -2.35. The third-order valence-corrected chi connectivity index (χ3v) is 4.81. The van der Waals surface area contributed by atoms with Crippen molar-refractivity contribution in [2.24, 2.45) is 0 Å². The number of thiazole rings is 1. The van der Waals surface area contributed by atoms with Crippen LogP contribution in [0.3, 0.4) is 0 Å². The van der Waals surface area contributed by atoms with Gasteiger partial charge in [0, 0.05) is 23.3 Å². The van der Waals surface area contributed by atoms with E-state index in [0.29, 0.717) is 0 Å². The van der Waals surface area contributed by atoms with Crippen LogP contribution in [0.15, 0.2) is 29.6 Å². The molecule has 0 aliphatic carbocycles. The van der Waals surface area contributed by atoms with Gasteiger partial charge in [0.25, 0.3) is 0 Å². The summed E-state index contributed by atoms with van der Waals surface area (Å²) in [5.41, 5.74) is 2.17. The third-order valence-electron chi connectivity index (χ3n) is 3.99. The zero-order valence-corrected chi connectivity index (χ0v) is 13.9. The summed E-state index contributed by atoms with van der Waals surface area (Å²) >= 11 is 1.68. The van der Waals surface area contributed by atoms with Gasteiger partial charge in [-0.2, -0.15) is 0 Å². The molecule has 0 amide bonds. The summed E-state index contributed by atoms with van der Waals surface area (Å²) in [5, 5.41) is 6.79. The first-order valence-corrected chi connectivity index (χ1v) is 8.22. The molecule has 1 N–H and O–H groups in total. The van der Waals surface area contributed by atoms with E-state index in [4.69, 9.17) is 0 Å². The van der Waals surface area contributed by atoms with E-state index in [1.54, 1.807) is 11.3 Å². The maximum atomic E-state index is 13.1. The first-order chi connectivity index (χ1) is 9.93. The van der Waals surface area contributed by atoms with E-state index >= 15 is 0 Å². The molecule has 0 aliphatic rings. The minimum atomic E-state index is -0.190. The summed E-state index contributed by atoms with van der Waals surface area (Å²) in [7, 11) is 0. The molecule has 0 saturated carbocycles. The van der Waals surface area contributed by atoms with E-state index in [0.717, 1.165) is 29.2 Å². The Morgan fingerprint density at radius 2 is 1.95 bits per heavy atom. The summed E-state index contributed by atoms with van der Waals surface area (Å²) in [6, 6.07) is 7.09. The zero-order valence-electron chi connectivity index (χ0n) is 13.1. The van der Waals surface area contributed by atoms with Crippen molar-refractivity contribution in [3.8, 4) is 0 Å². The number of nitrogens with zero attached hydrogens (tertiary/aromatic N) is 1. The van der Waals surface area contributed by atoms with Crippen molar-refractivity contribution in [2.75, 3.05) is 6.54 Å². The molecule has 0 radical (unpaired) electrons. The van der Waals surface area contributed by atoms with Gasteiger partial charge >= 0.3 is 0 Å². The van der Waals surface area contributed by atoms with Crippen molar-refractivity contribution in [3.63, 3.8) is 0 Å². The van der Waals surface area contributed by atoms with Crippen LogP contribution in [0.4, 0.5) is 4.39 Å². The zero-order chi connectivity index (χ0) is 15.5. The summed E-state index contributed by atoms with van der Waals surface area (Å²) in [6.07, 6.45) is 0.878. The van der Waals surface area contributed by atoms with E-state index in [1.807, 2.05) is 19.1 Å². The van der Waals surface area contributed by atoms with Crippen LogP contribution in [0.2, 0.25) is 0 Å². The molecule has 0 spiro atoms.